The zero-order valence-electron chi connectivity index (χ0n) is 11.1. The van der Waals surface area contributed by atoms with Gasteiger partial charge in [-0.05, 0) is 49.9 Å². The molecule has 0 aromatic heterocycles. The van der Waals surface area contributed by atoms with E-state index in [-0.39, 0.29) is 6.04 Å². The lowest BCUT2D eigenvalue weighted by atomic mass is 9.96. The van der Waals surface area contributed by atoms with Gasteiger partial charge >= 0.3 is 0 Å². The summed E-state index contributed by atoms with van der Waals surface area (Å²) >= 11 is 0. The highest BCUT2D eigenvalue weighted by Crippen LogP contribution is 2.23. The Bertz CT molecular complexity index is 437. The van der Waals surface area contributed by atoms with Crippen LogP contribution in [-0.4, -0.2) is 22.1 Å². The van der Waals surface area contributed by atoms with Crippen molar-refractivity contribution in [2.45, 2.75) is 52.0 Å². The standard InChI is InChI=1S/C15H21NO2/c1-11-8-13(9-12(2)15(11)17)10-16(18)14-6-4-3-5-7-14/h8-10,14,17H,3-7H2,1-2H3. The van der Waals surface area contributed by atoms with Gasteiger partial charge in [-0.1, -0.05) is 6.42 Å². The molecule has 1 fully saturated rings. The second-order valence-electron chi connectivity index (χ2n) is 5.28. The van der Waals surface area contributed by atoms with Crippen LogP contribution in [0.25, 0.3) is 0 Å². The highest BCUT2D eigenvalue weighted by atomic mass is 16.5. The first-order valence-electron chi connectivity index (χ1n) is 6.68. The Labute approximate surface area is 108 Å². The summed E-state index contributed by atoms with van der Waals surface area (Å²) in [6.07, 6.45) is 7.22. The smallest absolute Gasteiger partial charge is 0.182 e. The molecule has 1 aromatic rings. The summed E-state index contributed by atoms with van der Waals surface area (Å²) in [5.74, 6) is 0.322. The second-order valence-corrected chi connectivity index (χ2v) is 5.28. The topological polar surface area (TPSA) is 46.3 Å². The van der Waals surface area contributed by atoms with Crippen molar-refractivity contribution in [1.29, 1.82) is 0 Å². The van der Waals surface area contributed by atoms with E-state index in [1.54, 1.807) is 6.21 Å². The Hall–Kier alpha value is -1.51. The second kappa shape index (κ2) is 5.42. The average Bonchev–Trinajstić information content (AvgIpc) is 2.37. The Morgan fingerprint density at radius 2 is 1.72 bits per heavy atom. The van der Waals surface area contributed by atoms with Crippen LogP contribution in [0.15, 0.2) is 12.1 Å². The van der Waals surface area contributed by atoms with Gasteiger partial charge in [0.1, 0.15) is 5.75 Å². The third-order valence-corrected chi connectivity index (χ3v) is 3.72. The maximum Gasteiger partial charge on any atom is 0.182 e. The van der Waals surface area contributed by atoms with Gasteiger partial charge in [0, 0.05) is 18.4 Å². The molecule has 0 saturated heterocycles. The minimum atomic E-state index is 0.133. The van der Waals surface area contributed by atoms with Crippen LogP contribution in [0.3, 0.4) is 0 Å². The zero-order chi connectivity index (χ0) is 13.1. The molecule has 0 aliphatic heterocycles. The van der Waals surface area contributed by atoms with Gasteiger partial charge in [0.05, 0.1) is 0 Å². The number of aromatic hydroxyl groups is 1. The number of nitrogens with zero attached hydrogens (tertiary/aromatic N) is 1. The molecule has 0 heterocycles. The number of rotatable bonds is 2. The molecular formula is C15H21NO2. The number of aryl methyl sites for hydroxylation is 2. The van der Waals surface area contributed by atoms with Crippen molar-refractivity contribution < 1.29 is 9.85 Å². The molecule has 0 unspecified atom stereocenters. The molecule has 18 heavy (non-hydrogen) atoms. The van der Waals surface area contributed by atoms with Gasteiger partial charge in [-0.15, -0.1) is 0 Å². The number of hydrogen-bond acceptors (Lipinski definition) is 2. The molecule has 0 spiro atoms. The van der Waals surface area contributed by atoms with E-state index in [0.717, 1.165) is 47.1 Å². The Morgan fingerprint density at radius 1 is 1.17 bits per heavy atom. The molecule has 1 aliphatic rings. The summed E-state index contributed by atoms with van der Waals surface area (Å²) in [5.41, 5.74) is 2.51. The van der Waals surface area contributed by atoms with Crippen LogP contribution in [0.1, 0.15) is 48.8 Å². The predicted octanol–water partition coefficient (Wildman–Crippen LogP) is 3.27. The fourth-order valence-electron chi connectivity index (χ4n) is 2.65. The van der Waals surface area contributed by atoms with Crippen molar-refractivity contribution in [3.05, 3.63) is 34.0 Å². The van der Waals surface area contributed by atoms with Gasteiger partial charge < -0.3 is 10.3 Å². The first-order valence-corrected chi connectivity index (χ1v) is 6.68. The van der Waals surface area contributed by atoms with E-state index >= 15 is 0 Å². The fourth-order valence-corrected chi connectivity index (χ4v) is 2.65. The minimum Gasteiger partial charge on any atom is -0.624 e. The highest BCUT2D eigenvalue weighted by molar-refractivity contribution is 5.77. The summed E-state index contributed by atoms with van der Waals surface area (Å²) < 4.78 is 1.10. The number of phenolic OH excluding ortho intramolecular Hbond substituents is 1. The molecule has 3 heteroatoms. The Kier molecular flexibility index (Phi) is 3.90. The summed E-state index contributed by atoms with van der Waals surface area (Å²) in [7, 11) is 0. The van der Waals surface area contributed by atoms with Crippen LogP contribution in [0.5, 0.6) is 5.75 Å². The van der Waals surface area contributed by atoms with Crippen LogP contribution >= 0.6 is 0 Å². The van der Waals surface area contributed by atoms with E-state index in [2.05, 4.69) is 0 Å². The fraction of sp³-hybridized carbons (Fsp3) is 0.533. The van der Waals surface area contributed by atoms with Crippen molar-refractivity contribution in [3.8, 4) is 5.75 Å². The van der Waals surface area contributed by atoms with E-state index in [0.29, 0.717) is 5.75 Å². The third kappa shape index (κ3) is 2.84. The van der Waals surface area contributed by atoms with E-state index in [4.69, 9.17) is 0 Å². The zero-order valence-corrected chi connectivity index (χ0v) is 11.1. The first-order chi connectivity index (χ1) is 8.58. The monoisotopic (exact) mass is 247 g/mol. The third-order valence-electron chi connectivity index (χ3n) is 3.72. The van der Waals surface area contributed by atoms with Gasteiger partial charge in [0.15, 0.2) is 12.3 Å². The quantitative estimate of drug-likeness (QED) is 0.377. The average molecular weight is 247 g/mol. The first kappa shape index (κ1) is 12.9. The van der Waals surface area contributed by atoms with Crippen LogP contribution in [0, 0.1) is 19.1 Å². The van der Waals surface area contributed by atoms with Crippen LogP contribution < -0.4 is 0 Å². The number of phenols is 1. The molecule has 2 rings (SSSR count). The number of hydrogen-bond donors (Lipinski definition) is 1. The summed E-state index contributed by atoms with van der Waals surface area (Å²) in [5, 5.41) is 21.8. The minimum absolute atomic E-state index is 0.133. The molecule has 1 aliphatic carbocycles. The Morgan fingerprint density at radius 3 is 2.28 bits per heavy atom. The SMILES string of the molecule is Cc1cc(C=[N+]([O-])C2CCCCC2)cc(C)c1O. The van der Waals surface area contributed by atoms with Crippen LogP contribution in [-0.2, 0) is 0 Å². The van der Waals surface area contributed by atoms with Crippen molar-refractivity contribution >= 4 is 6.21 Å². The molecule has 0 atom stereocenters. The van der Waals surface area contributed by atoms with Gasteiger partial charge in [0.2, 0.25) is 0 Å². The van der Waals surface area contributed by atoms with Gasteiger partial charge in [-0.2, -0.15) is 0 Å². The van der Waals surface area contributed by atoms with Gasteiger partial charge in [-0.3, -0.25) is 0 Å². The Balaban J connectivity index is 2.21. The molecule has 1 saturated carbocycles. The molecular weight excluding hydrogens is 226 g/mol. The van der Waals surface area contributed by atoms with E-state index in [1.165, 1.54) is 6.42 Å². The molecule has 0 bridgehead atoms. The van der Waals surface area contributed by atoms with Crippen molar-refractivity contribution in [3.63, 3.8) is 0 Å². The molecule has 3 nitrogen and oxygen atoms in total. The van der Waals surface area contributed by atoms with Crippen molar-refractivity contribution in [2.75, 3.05) is 0 Å². The molecule has 0 radical (unpaired) electrons. The molecule has 0 amide bonds. The highest BCUT2D eigenvalue weighted by Gasteiger charge is 2.19. The lowest BCUT2D eigenvalue weighted by Crippen LogP contribution is -2.25. The van der Waals surface area contributed by atoms with E-state index in [1.807, 2.05) is 26.0 Å². The largest absolute Gasteiger partial charge is 0.624 e. The lowest BCUT2D eigenvalue weighted by molar-refractivity contribution is -0.500. The molecule has 1 N–H and O–H groups in total. The predicted molar refractivity (Wildman–Crippen MR) is 73.2 cm³/mol. The van der Waals surface area contributed by atoms with E-state index in [9.17, 15) is 10.3 Å². The maximum absolute atomic E-state index is 12.1. The van der Waals surface area contributed by atoms with Crippen molar-refractivity contribution in [1.82, 2.24) is 0 Å². The summed E-state index contributed by atoms with van der Waals surface area (Å²) in [6.45, 7) is 3.71. The van der Waals surface area contributed by atoms with Crippen LogP contribution in [0.2, 0.25) is 0 Å². The van der Waals surface area contributed by atoms with E-state index < -0.39 is 0 Å². The molecule has 1 aromatic carbocycles. The van der Waals surface area contributed by atoms with Gasteiger partial charge in [0.25, 0.3) is 0 Å². The normalized spacial score (nSPS) is 18.0. The summed E-state index contributed by atoms with van der Waals surface area (Å²) in [6, 6.07) is 3.85. The van der Waals surface area contributed by atoms with Crippen molar-refractivity contribution in [2.24, 2.45) is 0 Å². The lowest BCUT2D eigenvalue weighted by Gasteiger charge is -2.20. The number of hydroxylamine groups is 1. The molecule has 98 valence electrons. The maximum atomic E-state index is 12.1. The van der Waals surface area contributed by atoms with Crippen LogP contribution in [0.4, 0.5) is 0 Å². The van der Waals surface area contributed by atoms with Gasteiger partial charge in [-0.25, -0.2) is 4.74 Å². The summed E-state index contributed by atoms with van der Waals surface area (Å²) in [4.78, 5) is 0. The number of benzene rings is 1.